The van der Waals surface area contributed by atoms with Crippen molar-refractivity contribution in [1.29, 1.82) is 0 Å². The molecule has 2 aromatic rings. The van der Waals surface area contributed by atoms with Crippen molar-refractivity contribution in [3.05, 3.63) is 40.5 Å². The lowest BCUT2D eigenvalue weighted by atomic mass is 10.2. The molecule has 1 N–H and O–H groups in total. The Hall–Kier alpha value is -2.22. The standard InChI is InChI=1S/C13H13BrN4O3/c1-2-21-12(19)8-18-15-7-11(17-18)16-13(20)9-3-5-10(14)6-4-9/h3-7H,2,8H2,1H3,(H,16,17,20). The van der Waals surface area contributed by atoms with Crippen LogP contribution in [0.25, 0.3) is 0 Å². The number of amides is 1. The lowest BCUT2D eigenvalue weighted by Crippen LogP contribution is -2.16. The maximum absolute atomic E-state index is 12.0. The average molecular weight is 353 g/mol. The second kappa shape index (κ2) is 6.98. The van der Waals surface area contributed by atoms with Crippen molar-refractivity contribution < 1.29 is 14.3 Å². The minimum Gasteiger partial charge on any atom is -0.465 e. The first-order chi connectivity index (χ1) is 10.1. The first-order valence-electron chi connectivity index (χ1n) is 6.21. The van der Waals surface area contributed by atoms with Gasteiger partial charge in [0, 0.05) is 10.0 Å². The van der Waals surface area contributed by atoms with E-state index in [2.05, 4.69) is 31.4 Å². The Kier molecular flexibility index (Phi) is 5.04. The van der Waals surface area contributed by atoms with Crippen LogP contribution in [-0.2, 0) is 16.1 Å². The molecule has 0 fully saturated rings. The van der Waals surface area contributed by atoms with Crippen LogP contribution in [0.1, 0.15) is 17.3 Å². The number of hydrogen-bond donors (Lipinski definition) is 1. The van der Waals surface area contributed by atoms with Crippen molar-refractivity contribution in [3.8, 4) is 0 Å². The minimum absolute atomic E-state index is 0.0952. The van der Waals surface area contributed by atoms with Crippen LogP contribution in [0.15, 0.2) is 34.9 Å². The van der Waals surface area contributed by atoms with Gasteiger partial charge in [0.25, 0.3) is 5.91 Å². The molecule has 21 heavy (non-hydrogen) atoms. The van der Waals surface area contributed by atoms with Gasteiger partial charge in [-0.25, -0.2) is 4.79 Å². The molecule has 110 valence electrons. The van der Waals surface area contributed by atoms with E-state index >= 15 is 0 Å². The average Bonchev–Trinajstić information content (AvgIpc) is 2.86. The van der Waals surface area contributed by atoms with E-state index in [4.69, 9.17) is 4.74 Å². The van der Waals surface area contributed by atoms with E-state index in [9.17, 15) is 9.59 Å². The van der Waals surface area contributed by atoms with Gasteiger partial charge >= 0.3 is 5.97 Å². The highest BCUT2D eigenvalue weighted by molar-refractivity contribution is 9.10. The Balaban J connectivity index is 1.97. The maximum atomic E-state index is 12.0. The Morgan fingerprint density at radius 3 is 2.71 bits per heavy atom. The number of esters is 1. The van der Waals surface area contributed by atoms with Crippen LogP contribution in [-0.4, -0.2) is 33.5 Å². The number of rotatable bonds is 5. The summed E-state index contributed by atoms with van der Waals surface area (Å²) in [6.07, 6.45) is 1.37. The highest BCUT2D eigenvalue weighted by Crippen LogP contribution is 2.11. The summed E-state index contributed by atoms with van der Waals surface area (Å²) < 4.78 is 5.67. The number of carbonyl (C=O) groups is 2. The van der Waals surface area contributed by atoms with Crippen LogP contribution in [0, 0.1) is 0 Å². The van der Waals surface area contributed by atoms with Gasteiger partial charge in [-0.2, -0.15) is 9.90 Å². The van der Waals surface area contributed by atoms with Gasteiger partial charge in [-0.3, -0.25) is 4.79 Å². The summed E-state index contributed by atoms with van der Waals surface area (Å²) in [6.45, 7) is 1.92. The molecule has 0 unspecified atom stereocenters. The third kappa shape index (κ3) is 4.38. The third-order valence-corrected chi connectivity index (χ3v) is 2.99. The molecule has 1 heterocycles. The molecule has 1 aromatic heterocycles. The molecule has 1 amide bonds. The van der Waals surface area contributed by atoms with Crippen LogP contribution < -0.4 is 5.32 Å². The van der Waals surface area contributed by atoms with E-state index in [0.717, 1.165) is 9.27 Å². The highest BCUT2D eigenvalue weighted by atomic mass is 79.9. The van der Waals surface area contributed by atoms with Gasteiger partial charge < -0.3 is 10.1 Å². The van der Waals surface area contributed by atoms with E-state index in [-0.39, 0.29) is 18.3 Å². The summed E-state index contributed by atoms with van der Waals surface area (Å²) in [6, 6.07) is 6.91. The monoisotopic (exact) mass is 352 g/mol. The Morgan fingerprint density at radius 2 is 2.05 bits per heavy atom. The lowest BCUT2D eigenvalue weighted by molar-refractivity contribution is -0.144. The van der Waals surface area contributed by atoms with Gasteiger partial charge in [0.1, 0.15) is 0 Å². The number of aromatic nitrogens is 3. The molecule has 0 aliphatic heterocycles. The predicted octanol–water partition coefficient (Wildman–Crippen LogP) is 1.86. The first kappa shape index (κ1) is 15.2. The summed E-state index contributed by atoms with van der Waals surface area (Å²) >= 11 is 3.30. The number of anilines is 1. The Labute approximate surface area is 129 Å². The van der Waals surface area contributed by atoms with Crippen LogP contribution in [0.2, 0.25) is 0 Å². The zero-order valence-corrected chi connectivity index (χ0v) is 12.8. The molecule has 0 saturated heterocycles. The van der Waals surface area contributed by atoms with Gasteiger partial charge in [-0.05, 0) is 31.2 Å². The van der Waals surface area contributed by atoms with Gasteiger partial charge in [-0.15, -0.1) is 5.10 Å². The second-order valence-electron chi connectivity index (χ2n) is 4.03. The van der Waals surface area contributed by atoms with Gasteiger partial charge in [-0.1, -0.05) is 15.9 Å². The smallest absolute Gasteiger partial charge is 0.329 e. The lowest BCUT2D eigenvalue weighted by Gasteiger charge is -2.02. The van der Waals surface area contributed by atoms with E-state index in [1.165, 1.54) is 6.20 Å². The third-order valence-electron chi connectivity index (χ3n) is 2.46. The van der Waals surface area contributed by atoms with Crippen molar-refractivity contribution in [2.75, 3.05) is 11.9 Å². The fourth-order valence-corrected chi connectivity index (χ4v) is 1.81. The highest BCUT2D eigenvalue weighted by Gasteiger charge is 2.10. The fourth-order valence-electron chi connectivity index (χ4n) is 1.54. The number of carbonyl (C=O) groups excluding carboxylic acids is 2. The molecule has 0 bridgehead atoms. The molecule has 0 saturated carbocycles. The summed E-state index contributed by atoms with van der Waals surface area (Å²) in [5.74, 6) is -0.461. The van der Waals surface area contributed by atoms with Crippen LogP contribution >= 0.6 is 15.9 Å². The van der Waals surface area contributed by atoms with Crippen molar-refractivity contribution in [1.82, 2.24) is 15.0 Å². The SMILES string of the molecule is CCOC(=O)Cn1ncc(NC(=O)c2ccc(Br)cc2)n1. The van der Waals surface area contributed by atoms with Crippen molar-refractivity contribution in [3.63, 3.8) is 0 Å². The van der Waals surface area contributed by atoms with Gasteiger partial charge in [0.15, 0.2) is 12.4 Å². The topological polar surface area (TPSA) is 86.1 Å². The Morgan fingerprint density at radius 1 is 1.33 bits per heavy atom. The number of nitrogens with one attached hydrogen (secondary N) is 1. The fraction of sp³-hybridized carbons (Fsp3) is 0.231. The number of hydrogen-bond acceptors (Lipinski definition) is 5. The number of halogens is 1. The molecule has 0 atom stereocenters. The molecule has 0 radical (unpaired) electrons. The predicted molar refractivity (Wildman–Crippen MR) is 78.8 cm³/mol. The molecule has 2 rings (SSSR count). The molecule has 7 nitrogen and oxygen atoms in total. The van der Waals surface area contributed by atoms with Crippen molar-refractivity contribution in [2.45, 2.75) is 13.5 Å². The zero-order valence-electron chi connectivity index (χ0n) is 11.2. The van der Waals surface area contributed by atoms with E-state index in [1.54, 1.807) is 31.2 Å². The molecule has 0 aliphatic rings. The summed E-state index contributed by atoms with van der Waals surface area (Å²) in [4.78, 5) is 24.4. The summed E-state index contributed by atoms with van der Waals surface area (Å²) in [5.41, 5.74) is 0.498. The van der Waals surface area contributed by atoms with Crippen LogP contribution in [0.3, 0.4) is 0 Å². The van der Waals surface area contributed by atoms with Gasteiger partial charge in [0.2, 0.25) is 0 Å². The second-order valence-corrected chi connectivity index (χ2v) is 4.94. The zero-order chi connectivity index (χ0) is 15.2. The molecule has 1 aromatic carbocycles. The van der Waals surface area contributed by atoms with E-state index in [0.29, 0.717) is 12.2 Å². The summed E-state index contributed by atoms with van der Waals surface area (Å²) in [5, 5.41) is 10.5. The largest absolute Gasteiger partial charge is 0.465 e. The van der Waals surface area contributed by atoms with Crippen molar-refractivity contribution in [2.24, 2.45) is 0 Å². The minimum atomic E-state index is -0.432. The summed E-state index contributed by atoms with van der Waals surface area (Å²) in [7, 11) is 0. The van der Waals surface area contributed by atoms with E-state index in [1.807, 2.05) is 0 Å². The van der Waals surface area contributed by atoms with Crippen molar-refractivity contribution >= 4 is 33.6 Å². The van der Waals surface area contributed by atoms with E-state index < -0.39 is 5.97 Å². The molecule has 8 heteroatoms. The van der Waals surface area contributed by atoms with Crippen LogP contribution in [0.4, 0.5) is 5.82 Å². The normalized spacial score (nSPS) is 10.2. The number of ether oxygens (including phenoxy) is 1. The molecule has 0 spiro atoms. The molecular weight excluding hydrogens is 340 g/mol. The quantitative estimate of drug-likeness (QED) is 0.830. The molecular formula is C13H13BrN4O3. The number of benzene rings is 1. The van der Waals surface area contributed by atoms with Crippen LogP contribution in [0.5, 0.6) is 0 Å². The Bertz CT molecular complexity index is 639. The molecule has 0 aliphatic carbocycles. The first-order valence-corrected chi connectivity index (χ1v) is 7.00. The van der Waals surface area contributed by atoms with Gasteiger partial charge in [0.05, 0.1) is 12.8 Å². The number of nitrogens with zero attached hydrogens (tertiary/aromatic N) is 3. The maximum Gasteiger partial charge on any atom is 0.329 e.